The van der Waals surface area contributed by atoms with Gasteiger partial charge in [0.1, 0.15) is 0 Å². The third-order valence-corrected chi connectivity index (χ3v) is 0.192. The molecule has 0 aliphatic carbocycles. The van der Waals surface area contributed by atoms with Crippen molar-refractivity contribution in [3.63, 3.8) is 0 Å². The fourth-order valence-corrected chi connectivity index (χ4v) is 0.0680. The first-order valence-electron chi connectivity index (χ1n) is 1.62. The van der Waals surface area contributed by atoms with E-state index in [9.17, 15) is 0 Å². The minimum atomic E-state index is 0. The molecular weight excluding hydrogens is 85.7 g/mol. The van der Waals surface area contributed by atoms with Crippen LogP contribution < -0.4 is 0 Å². The molecule has 3 heteroatoms. The minimum Gasteiger partial charge on any atom is -0.474 e. The summed E-state index contributed by atoms with van der Waals surface area (Å²) in [5, 5.41) is 0. The van der Waals surface area contributed by atoms with Gasteiger partial charge in [0, 0.05) is 16.9 Å². The highest BCUT2D eigenvalue weighted by molar-refractivity contribution is 6.75. The van der Waals surface area contributed by atoms with Crippen molar-refractivity contribution in [3.8, 4) is 0 Å². The van der Waals surface area contributed by atoms with E-state index in [2.05, 4.69) is 33.4 Å². The van der Waals surface area contributed by atoms with Crippen LogP contribution in [0.25, 0.3) is 0 Å². The second-order valence-corrected chi connectivity index (χ2v) is 0.469. The molecule has 36 valence electrons. The fourth-order valence-electron chi connectivity index (χ4n) is 0.0680. The third-order valence-electron chi connectivity index (χ3n) is 0.192. The largest absolute Gasteiger partial charge is 0.474 e. The van der Waals surface area contributed by atoms with E-state index < -0.39 is 0 Å². The van der Waals surface area contributed by atoms with Gasteiger partial charge in [-0.2, -0.15) is 0 Å². The lowest BCUT2D eigenvalue weighted by molar-refractivity contribution is 0.406. The molecule has 0 aliphatic heterocycles. The molecule has 0 rings (SSSR count). The Kier molecular flexibility index (Phi) is 25.0. The van der Waals surface area contributed by atoms with E-state index in [-0.39, 0.29) is 1.43 Å². The lowest BCUT2D eigenvalue weighted by atomic mass is 9.81. The summed E-state index contributed by atoms with van der Waals surface area (Å²) >= 11 is 0. The normalized spacial score (nSPS) is 4.57. The smallest absolute Gasteiger partial charge is 0.0829 e. The second kappa shape index (κ2) is 18.1. The maximum absolute atomic E-state index is 4.36. The molecule has 0 saturated carbocycles. The number of ether oxygens (including phenoxy) is 1. The molecule has 0 N–H and O–H groups in total. The van der Waals surface area contributed by atoms with Gasteiger partial charge in [-0.15, -0.1) is 0 Å². The summed E-state index contributed by atoms with van der Waals surface area (Å²) in [6, 6.07) is 0. The van der Waals surface area contributed by atoms with Crippen LogP contribution >= 0.6 is 0 Å². The average Bonchev–Trinajstić information content (AvgIpc) is 1.75. The van der Waals surface area contributed by atoms with Crippen LogP contribution in [-0.4, -0.2) is 15.5 Å². The Morgan fingerprint density at radius 3 is 1.57 bits per heavy atom. The molecule has 0 heterocycles. The molecule has 0 unspecified atom stereocenters. The van der Waals surface area contributed by atoms with Crippen LogP contribution in [0, 0.1) is 0 Å². The predicted octanol–water partition coefficient (Wildman–Crippen LogP) is 0.774. The Bertz CT molecular complexity index is 43.3. The van der Waals surface area contributed by atoms with Crippen LogP contribution in [0.1, 0.15) is 1.43 Å². The van der Waals surface area contributed by atoms with Gasteiger partial charge in [-0.25, -0.2) is 0 Å². The standard InChI is InChI=1S/C4H6O.B2.H2/c1-3-5-4-2;1-2;/h3-4H,1-2H2;;1H. The molecular formula is C4H8B2O. The maximum atomic E-state index is 4.36. The maximum Gasteiger partial charge on any atom is 0.0829 e. The van der Waals surface area contributed by atoms with E-state index in [0.717, 1.165) is 0 Å². The van der Waals surface area contributed by atoms with Crippen LogP contribution in [0.2, 0.25) is 0 Å². The second-order valence-electron chi connectivity index (χ2n) is 0.469. The van der Waals surface area contributed by atoms with Crippen LogP contribution in [0.4, 0.5) is 0 Å². The summed E-state index contributed by atoms with van der Waals surface area (Å²) in [4.78, 5) is 0. The SMILES string of the molecule is C=COC=C.[B][B].[HH]. The molecule has 0 fully saturated rings. The van der Waals surface area contributed by atoms with Gasteiger partial charge in [-0.3, -0.25) is 0 Å². The van der Waals surface area contributed by atoms with E-state index >= 15 is 0 Å². The summed E-state index contributed by atoms with van der Waals surface area (Å²) in [7, 11) is 8.00. The van der Waals surface area contributed by atoms with Gasteiger partial charge in [0.2, 0.25) is 0 Å². The zero-order chi connectivity index (χ0) is 6.12. The number of hydrogen-bond acceptors (Lipinski definition) is 1. The monoisotopic (exact) mass is 94.1 g/mol. The predicted molar refractivity (Wildman–Crippen MR) is 35.1 cm³/mol. The summed E-state index contributed by atoms with van der Waals surface area (Å²) in [6.45, 7) is 6.51. The van der Waals surface area contributed by atoms with Gasteiger partial charge in [-0.1, -0.05) is 13.2 Å². The van der Waals surface area contributed by atoms with Crippen LogP contribution in [-0.2, 0) is 4.74 Å². The van der Waals surface area contributed by atoms with Crippen LogP contribution in [0.3, 0.4) is 0 Å². The van der Waals surface area contributed by atoms with Crippen molar-refractivity contribution < 1.29 is 6.16 Å². The quantitative estimate of drug-likeness (QED) is 0.362. The topological polar surface area (TPSA) is 9.23 Å². The van der Waals surface area contributed by atoms with Gasteiger partial charge in [0.15, 0.2) is 0 Å². The minimum absolute atomic E-state index is 0. The van der Waals surface area contributed by atoms with E-state index in [1.165, 1.54) is 12.5 Å². The zero-order valence-electron chi connectivity index (χ0n) is 4.13. The van der Waals surface area contributed by atoms with Crippen molar-refractivity contribution in [1.29, 1.82) is 0 Å². The fraction of sp³-hybridized carbons (Fsp3) is 0. The summed E-state index contributed by atoms with van der Waals surface area (Å²) in [6.07, 6.45) is 2.62. The molecule has 0 amide bonds. The van der Waals surface area contributed by atoms with Crippen LogP contribution in [0.15, 0.2) is 25.7 Å². The summed E-state index contributed by atoms with van der Waals surface area (Å²) in [5.41, 5.74) is 0. The van der Waals surface area contributed by atoms with Gasteiger partial charge < -0.3 is 4.74 Å². The lowest BCUT2D eigenvalue weighted by Crippen LogP contribution is -1.52. The van der Waals surface area contributed by atoms with Gasteiger partial charge in [-0.05, 0) is 0 Å². The first kappa shape index (κ1) is 9.65. The molecule has 7 heavy (non-hydrogen) atoms. The highest BCUT2D eigenvalue weighted by atomic mass is 16.5. The molecule has 0 aliphatic rings. The number of hydrogen-bond donors (Lipinski definition) is 0. The van der Waals surface area contributed by atoms with Crippen molar-refractivity contribution in [2.75, 3.05) is 0 Å². The Labute approximate surface area is 48.3 Å². The molecule has 0 aromatic carbocycles. The molecule has 4 radical (unpaired) electrons. The Balaban J connectivity index is -0.0000000750. The van der Waals surface area contributed by atoms with E-state index in [0.29, 0.717) is 0 Å². The van der Waals surface area contributed by atoms with E-state index in [4.69, 9.17) is 0 Å². The Morgan fingerprint density at radius 1 is 1.29 bits per heavy atom. The average molecular weight is 93.7 g/mol. The molecule has 0 saturated heterocycles. The van der Waals surface area contributed by atoms with Gasteiger partial charge in [0.05, 0.1) is 12.5 Å². The molecule has 1 nitrogen and oxygen atoms in total. The van der Waals surface area contributed by atoms with E-state index in [1.807, 2.05) is 0 Å². The molecule has 0 spiro atoms. The van der Waals surface area contributed by atoms with Crippen molar-refractivity contribution in [3.05, 3.63) is 25.7 Å². The van der Waals surface area contributed by atoms with Crippen molar-refractivity contribution >= 4 is 15.5 Å². The van der Waals surface area contributed by atoms with Gasteiger partial charge in [0.25, 0.3) is 0 Å². The summed E-state index contributed by atoms with van der Waals surface area (Å²) < 4.78 is 4.36. The molecule has 0 atom stereocenters. The number of rotatable bonds is 2. The molecule has 0 aromatic rings. The van der Waals surface area contributed by atoms with Crippen molar-refractivity contribution in [1.82, 2.24) is 0 Å². The van der Waals surface area contributed by atoms with Crippen LogP contribution in [0.5, 0.6) is 0 Å². The van der Waals surface area contributed by atoms with Gasteiger partial charge >= 0.3 is 0 Å². The highest BCUT2D eigenvalue weighted by Crippen LogP contribution is 1.65. The molecule has 0 aromatic heterocycles. The first-order chi connectivity index (χ1) is 3.41. The third kappa shape index (κ3) is 31.6. The molecule has 0 bridgehead atoms. The first-order valence-corrected chi connectivity index (χ1v) is 1.62. The highest BCUT2D eigenvalue weighted by Gasteiger charge is 1.45. The van der Waals surface area contributed by atoms with Crippen molar-refractivity contribution in [2.45, 2.75) is 0 Å². The zero-order valence-corrected chi connectivity index (χ0v) is 4.13. The Hall–Kier alpha value is -0.590. The van der Waals surface area contributed by atoms with E-state index in [1.54, 1.807) is 0 Å². The summed E-state index contributed by atoms with van der Waals surface area (Å²) in [5.74, 6) is 0. The van der Waals surface area contributed by atoms with Crippen molar-refractivity contribution in [2.24, 2.45) is 0 Å². The Morgan fingerprint density at radius 2 is 1.57 bits per heavy atom. The lowest BCUT2D eigenvalue weighted by Gasteiger charge is -1.76.